The molecular weight excluding hydrogens is 354 g/mol. The Labute approximate surface area is 115 Å². The van der Waals surface area contributed by atoms with Crippen LogP contribution in [0.2, 0.25) is 0 Å². The lowest BCUT2D eigenvalue weighted by molar-refractivity contribution is 0.882. The van der Waals surface area contributed by atoms with Gasteiger partial charge in [0.1, 0.15) is 5.00 Å². The molecule has 0 amide bonds. The van der Waals surface area contributed by atoms with E-state index in [1.165, 1.54) is 17.1 Å². The van der Waals surface area contributed by atoms with Gasteiger partial charge in [-0.05, 0) is 24.6 Å². The van der Waals surface area contributed by atoms with Crippen LogP contribution in [-0.2, 0) is 0 Å². The highest BCUT2D eigenvalue weighted by atomic mass is 79.9. The molecule has 1 atom stereocenters. The zero-order chi connectivity index (χ0) is 11.5. The third-order valence-corrected chi connectivity index (χ3v) is 3.92. The zero-order valence-corrected chi connectivity index (χ0v) is 12.4. The summed E-state index contributed by atoms with van der Waals surface area (Å²) in [7, 11) is 0. The molecule has 1 unspecified atom stereocenters. The molecule has 1 heterocycles. The van der Waals surface area contributed by atoms with E-state index in [9.17, 15) is 0 Å². The van der Waals surface area contributed by atoms with Gasteiger partial charge in [-0.1, -0.05) is 42.4 Å². The molecule has 0 spiro atoms. The van der Waals surface area contributed by atoms with Gasteiger partial charge in [-0.2, -0.15) is 0 Å². The molecule has 16 heavy (non-hydrogen) atoms. The zero-order valence-electron chi connectivity index (χ0n) is 8.45. The van der Waals surface area contributed by atoms with Gasteiger partial charge >= 0.3 is 0 Å². The normalized spacial score (nSPS) is 12.4. The van der Waals surface area contributed by atoms with Gasteiger partial charge in [0.25, 0.3) is 0 Å². The first-order valence-electron chi connectivity index (χ1n) is 4.65. The monoisotopic (exact) mass is 361 g/mol. The first-order chi connectivity index (χ1) is 7.66. The highest BCUT2D eigenvalue weighted by Gasteiger charge is 2.10. The van der Waals surface area contributed by atoms with Gasteiger partial charge < -0.3 is 5.32 Å². The van der Waals surface area contributed by atoms with Crippen molar-refractivity contribution in [3.8, 4) is 0 Å². The van der Waals surface area contributed by atoms with Gasteiger partial charge in [-0.3, -0.25) is 0 Å². The second-order valence-electron chi connectivity index (χ2n) is 3.31. The molecule has 1 N–H and O–H groups in total. The number of nitrogens with one attached hydrogen (secondary N) is 1. The fourth-order valence-corrected chi connectivity index (χ4v) is 3.27. The van der Waals surface area contributed by atoms with Crippen LogP contribution in [0, 0.1) is 0 Å². The van der Waals surface area contributed by atoms with Crippen molar-refractivity contribution >= 4 is 48.4 Å². The number of rotatable bonds is 3. The largest absolute Gasteiger partial charge is 0.368 e. The van der Waals surface area contributed by atoms with Crippen molar-refractivity contribution in [2.75, 3.05) is 5.32 Å². The van der Waals surface area contributed by atoms with Crippen LogP contribution in [0.15, 0.2) is 33.3 Å². The number of halogens is 2. The van der Waals surface area contributed by atoms with Crippen LogP contribution in [0.25, 0.3) is 0 Å². The number of anilines is 1. The van der Waals surface area contributed by atoms with E-state index in [0.29, 0.717) is 0 Å². The molecule has 1 aromatic heterocycles. The Morgan fingerprint density at radius 1 is 1.38 bits per heavy atom. The van der Waals surface area contributed by atoms with Crippen LogP contribution in [0.4, 0.5) is 5.00 Å². The second-order valence-corrected chi connectivity index (χ2v) is 5.87. The summed E-state index contributed by atoms with van der Waals surface area (Å²) in [5.74, 6) is 0. The summed E-state index contributed by atoms with van der Waals surface area (Å²) in [5.41, 5.74) is 1.21. The van der Waals surface area contributed by atoms with E-state index in [2.05, 4.69) is 59.8 Å². The lowest BCUT2D eigenvalue weighted by Crippen LogP contribution is -2.06. The molecule has 84 valence electrons. The topological polar surface area (TPSA) is 37.8 Å². The first-order valence-corrected chi connectivity index (χ1v) is 7.01. The van der Waals surface area contributed by atoms with Gasteiger partial charge in [0.2, 0.25) is 0 Å². The molecule has 0 bridgehead atoms. The summed E-state index contributed by atoms with van der Waals surface area (Å²) < 4.78 is 5.96. The van der Waals surface area contributed by atoms with Crippen molar-refractivity contribution in [1.29, 1.82) is 0 Å². The van der Waals surface area contributed by atoms with E-state index >= 15 is 0 Å². The summed E-state index contributed by atoms with van der Waals surface area (Å²) in [5, 5.41) is 8.11. The lowest BCUT2D eigenvalue weighted by atomic mass is 10.1. The molecule has 0 fully saturated rings. The minimum absolute atomic E-state index is 0.213. The number of hydrogen-bond acceptors (Lipinski definition) is 4. The van der Waals surface area contributed by atoms with Crippen LogP contribution in [0.1, 0.15) is 18.5 Å². The van der Waals surface area contributed by atoms with Crippen molar-refractivity contribution in [2.24, 2.45) is 0 Å². The maximum atomic E-state index is 3.82. The molecule has 1 aromatic carbocycles. The molecule has 0 aliphatic rings. The van der Waals surface area contributed by atoms with E-state index in [1.54, 1.807) is 6.20 Å². The number of nitrogens with zero attached hydrogens (tertiary/aromatic N) is 2. The van der Waals surface area contributed by atoms with Crippen molar-refractivity contribution in [3.05, 3.63) is 38.9 Å². The third kappa shape index (κ3) is 2.81. The average molecular weight is 363 g/mol. The van der Waals surface area contributed by atoms with Crippen LogP contribution in [0.3, 0.4) is 0 Å². The van der Waals surface area contributed by atoms with Crippen LogP contribution in [0.5, 0.6) is 0 Å². The molecule has 0 saturated heterocycles. The van der Waals surface area contributed by atoms with Crippen LogP contribution in [-0.4, -0.2) is 9.59 Å². The predicted molar refractivity (Wildman–Crippen MR) is 73.8 cm³/mol. The van der Waals surface area contributed by atoms with Crippen molar-refractivity contribution < 1.29 is 0 Å². The SMILES string of the molecule is CC(Nc1cnns1)c1ccc(Br)cc1Br. The predicted octanol–water partition coefficient (Wildman–Crippen LogP) is 4.24. The molecule has 6 heteroatoms. The lowest BCUT2D eigenvalue weighted by Gasteiger charge is -2.15. The maximum absolute atomic E-state index is 3.82. The highest BCUT2D eigenvalue weighted by Crippen LogP contribution is 2.29. The fraction of sp³-hybridized carbons (Fsp3) is 0.200. The molecule has 3 nitrogen and oxygen atoms in total. The van der Waals surface area contributed by atoms with E-state index in [4.69, 9.17) is 0 Å². The van der Waals surface area contributed by atoms with Gasteiger partial charge in [-0.15, -0.1) is 5.10 Å². The Kier molecular flexibility index (Phi) is 3.94. The Morgan fingerprint density at radius 3 is 2.81 bits per heavy atom. The molecule has 2 rings (SSSR count). The van der Waals surface area contributed by atoms with Gasteiger partial charge in [0, 0.05) is 20.5 Å². The van der Waals surface area contributed by atoms with Crippen LogP contribution >= 0.6 is 43.4 Å². The van der Waals surface area contributed by atoms with E-state index in [1.807, 2.05) is 12.1 Å². The summed E-state index contributed by atoms with van der Waals surface area (Å²) in [6.45, 7) is 2.10. The standard InChI is InChI=1S/C10H9Br2N3S/c1-6(14-10-5-13-15-16-10)8-3-2-7(11)4-9(8)12/h2-6,14H,1H3. The molecule has 0 aliphatic heterocycles. The Morgan fingerprint density at radius 2 is 2.19 bits per heavy atom. The molecule has 2 aromatic rings. The van der Waals surface area contributed by atoms with Crippen molar-refractivity contribution in [3.63, 3.8) is 0 Å². The van der Waals surface area contributed by atoms with E-state index < -0.39 is 0 Å². The Balaban J connectivity index is 2.17. The van der Waals surface area contributed by atoms with E-state index in [-0.39, 0.29) is 6.04 Å². The fourth-order valence-electron chi connectivity index (χ4n) is 1.37. The quantitative estimate of drug-likeness (QED) is 0.887. The number of aromatic nitrogens is 2. The first kappa shape index (κ1) is 12.0. The van der Waals surface area contributed by atoms with Gasteiger partial charge in [0.15, 0.2) is 0 Å². The summed E-state index contributed by atoms with van der Waals surface area (Å²) in [6.07, 6.45) is 1.73. The van der Waals surface area contributed by atoms with Gasteiger partial charge in [-0.25, -0.2) is 0 Å². The van der Waals surface area contributed by atoms with Crippen molar-refractivity contribution in [1.82, 2.24) is 9.59 Å². The molecule has 0 aliphatic carbocycles. The minimum Gasteiger partial charge on any atom is -0.368 e. The third-order valence-electron chi connectivity index (χ3n) is 2.15. The summed E-state index contributed by atoms with van der Waals surface area (Å²) >= 11 is 8.35. The summed E-state index contributed by atoms with van der Waals surface area (Å²) in [6, 6.07) is 6.37. The highest BCUT2D eigenvalue weighted by molar-refractivity contribution is 9.11. The second kappa shape index (κ2) is 5.25. The molecule has 0 saturated carbocycles. The van der Waals surface area contributed by atoms with Gasteiger partial charge in [0.05, 0.1) is 12.2 Å². The number of hydrogen-bond donors (Lipinski definition) is 1. The summed E-state index contributed by atoms with van der Waals surface area (Å²) in [4.78, 5) is 0. The van der Waals surface area contributed by atoms with E-state index in [0.717, 1.165) is 13.9 Å². The molecular formula is C10H9Br2N3S. The van der Waals surface area contributed by atoms with Crippen LogP contribution < -0.4 is 5.32 Å². The number of benzene rings is 1. The minimum atomic E-state index is 0.213. The van der Waals surface area contributed by atoms with Crippen molar-refractivity contribution in [2.45, 2.75) is 13.0 Å². The maximum Gasteiger partial charge on any atom is 0.130 e. The average Bonchev–Trinajstić information content (AvgIpc) is 2.70. The Hall–Kier alpha value is -0.460. The smallest absolute Gasteiger partial charge is 0.130 e. The molecule has 0 radical (unpaired) electrons. The Bertz CT molecular complexity index is 473.